The highest BCUT2D eigenvalue weighted by Crippen LogP contribution is 2.10. The molecular weight excluding hydrogens is 144 g/mol. The normalized spacial score (nSPS) is 14.5. The van der Waals surface area contributed by atoms with Gasteiger partial charge in [0.05, 0.1) is 5.56 Å². The van der Waals surface area contributed by atoms with Crippen molar-refractivity contribution in [2.45, 2.75) is 0 Å². The number of hydrogen-bond acceptors (Lipinski definition) is 2. The number of rotatable bonds is 0. The van der Waals surface area contributed by atoms with E-state index in [9.17, 15) is 9.59 Å². The highest BCUT2D eigenvalue weighted by molar-refractivity contribution is 6.21. The third-order valence-electron chi connectivity index (χ3n) is 1.58. The van der Waals surface area contributed by atoms with Crippen molar-refractivity contribution in [1.29, 1.82) is 0 Å². The quantitative estimate of drug-likeness (QED) is 0.500. The molecule has 0 saturated heterocycles. The van der Waals surface area contributed by atoms with E-state index in [0.717, 1.165) is 0 Å². The molecule has 0 fully saturated rings. The summed E-state index contributed by atoms with van der Waals surface area (Å²) < 4.78 is 0. The SMILES string of the molecule is O=C1NC(=O)c2c[nH+]ccc21. The number of carbonyl (C=O) groups excluding carboxylic acids is 2. The average Bonchev–Trinajstić information content (AvgIpc) is 2.30. The first-order chi connectivity index (χ1) is 5.29. The number of nitrogens with one attached hydrogen (secondary N) is 2. The number of amides is 2. The van der Waals surface area contributed by atoms with Crippen LogP contribution in [-0.4, -0.2) is 11.8 Å². The lowest BCUT2D eigenvalue weighted by molar-refractivity contribution is -0.378. The Morgan fingerprint density at radius 1 is 1.18 bits per heavy atom. The van der Waals surface area contributed by atoms with Gasteiger partial charge in [-0.25, -0.2) is 4.98 Å². The smallest absolute Gasteiger partial charge is 0.265 e. The Kier molecular flexibility index (Phi) is 1.03. The standard InChI is InChI=1S/C7H4N2O2/c10-6-4-1-2-8-3-5(4)7(11)9-6/h1-3H,(H,9,10,11)/p+1. The van der Waals surface area contributed by atoms with Gasteiger partial charge < -0.3 is 0 Å². The van der Waals surface area contributed by atoms with Crippen molar-refractivity contribution < 1.29 is 14.6 Å². The molecule has 4 heteroatoms. The molecule has 0 atom stereocenters. The Labute approximate surface area is 62.2 Å². The second-order valence-electron chi connectivity index (χ2n) is 2.25. The van der Waals surface area contributed by atoms with Gasteiger partial charge in [-0.1, -0.05) is 0 Å². The Morgan fingerprint density at radius 2 is 1.91 bits per heavy atom. The van der Waals surface area contributed by atoms with Gasteiger partial charge in [-0.05, 0) is 0 Å². The molecule has 0 aliphatic carbocycles. The lowest BCUT2D eigenvalue weighted by atomic mass is 10.2. The van der Waals surface area contributed by atoms with E-state index in [1.54, 1.807) is 12.3 Å². The van der Waals surface area contributed by atoms with Crippen LogP contribution in [-0.2, 0) is 0 Å². The van der Waals surface area contributed by atoms with Gasteiger partial charge in [-0.2, -0.15) is 0 Å². The van der Waals surface area contributed by atoms with Crippen LogP contribution >= 0.6 is 0 Å². The third kappa shape index (κ3) is 0.724. The Hall–Kier alpha value is -1.71. The van der Waals surface area contributed by atoms with Crippen molar-refractivity contribution >= 4 is 11.8 Å². The summed E-state index contributed by atoms with van der Waals surface area (Å²) in [5.41, 5.74) is 0.853. The zero-order chi connectivity index (χ0) is 7.84. The topological polar surface area (TPSA) is 60.3 Å². The average molecular weight is 149 g/mol. The van der Waals surface area contributed by atoms with Crippen molar-refractivity contribution in [3.63, 3.8) is 0 Å². The molecule has 0 saturated carbocycles. The predicted molar refractivity (Wildman–Crippen MR) is 34.8 cm³/mol. The fourth-order valence-corrected chi connectivity index (χ4v) is 1.05. The molecule has 0 spiro atoms. The fourth-order valence-electron chi connectivity index (χ4n) is 1.05. The van der Waals surface area contributed by atoms with Gasteiger partial charge in [-0.3, -0.25) is 14.9 Å². The molecule has 0 radical (unpaired) electrons. The molecule has 2 heterocycles. The highest BCUT2D eigenvalue weighted by atomic mass is 16.2. The number of fused-ring (bicyclic) bond motifs is 1. The number of carbonyl (C=O) groups is 2. The second kappa shape index (κ2) is 1.88. The Balaban J connectivity index is 2.69. The van der Waals surface area contributed by atoms with Gasteiger partial charge in [-0.15, -0.1) is 0 Å². The molecule has 1 aromatic rings. The lowest BCUT2D eigenvalue weighted by Gasteiger charge is -1.83. The molecule has 4 nitrogen and oxygen atoms in total. The summed E-state index contributed by atoms with van der Waals surface area (Å²) in [5.74, 6) is -0.652. The third-order valence-corrected chi connectivity index (χ3v) is 1.58. The molecule has 54 valence electrons. The van der Waals surface area contributed by atoms with E-state index in [1.807, 2.05) is 0 Å². The van der Waals surface area contributed by atoms with Crippen LogP contribution < -0.4 is 10.3 Å². The molecular formula is C7H5N2O2+. The van der Waals surface area contributed by atoms with Gasteiger partial charge in [0.15, 0.2) is 12.4 Å². The van der Waals surface area contributed by atoms with Crippen LogP contribution in [0, 0.1) is 0 Å². The first-order valence-electron chi connectivity index (χ1n) is 3.15. The van der Waals surface area contributed by atoms with Crippen molar-refractivity contribution in [1.82, 2.24) is 5.32 Å². The second-order valence-corrected chi connectivity index (χ2v) is 2.25. The minimum Gasteiger partial charge on any atom is -0.288 e. The van der Waals surface area contributed by atoms with Gasteiger partial charge in [0.1, 0.15) is 5.56 Å². The zero-order valence-electron chi connectivity index (χ0n) is 5.55. The molecule has 11 heavy (non-hydrogen) atoms. The Bertz CT molecular complexity index is 313. The summed E-state index contributed by atoms with van der Waals surface area (Å²) in [6, 6.07) is 1.58. The zero-order valence-corrected chi connectivity index (χ0v) is 5.55. The van der Waals surface area contributed by atoms with Crippen LogP contribution in [0.4, 0.5) is 0 Å². The molecule has 2 N–H and O–H groups in total. The van der Waals surface area contributed by atoms with Gasteiger partial charge >= 0.3 is 0 Å². The molecule has 1 aromatic heterocycles. The summed E-state index contributed by atoms with van der Waals surface area (Å²) in [5, 5.41) is 2.18. The van der Waals surface area contributed by atoms with Crippen LogP contribution in [0.15, 0.2) is 18.5 Å². The first-order valence-corrected chi connectivity index (χ1v) is 3.15. The van der Waals surface area contributed by atoms with E-state index in [0.29, 0.717) is 11.1 Å². The van der Waals surface area contributed by atoms with E-state index in [4.69, 9.17) is 0 Å². The van der Waals surface area contributed by atoms with Crippen LogP contribution in [0.2, 0.25) is 0 Å². The van der Waals surface area contributed by atoms with Gasteiger partial charge in [0, 0.05) is 6.07 Å². The number of pyridine rings is 1. The maximum atomic E-state index is 10.9. The van der Waals surface area contributed by atoms with Crippen LogP contribution in [0.5, 0.6) is 0 Å². The van der Waals surface area contributed by atoms with Crippen molar-refractivity contribution in [2.75, 3.05) is 0 Å². The van der Waals surface area contributed by atoms with E-state index < -0.39 is 0 Å². The highest BCUT2D eigenvalue weighted by Gasteiger charge is 2.27. The molecule has 1 aliphatic heterocycles. The van der Waals surface area contributed by atoms with Crippen LogP contribution in [0.25, 0.3) is 0 Å². The lowest BCUT2D eigenvalue weighted by Crippen LogP contribution is -2.20. The van der Waals surface area contributed by atoms with E-state index >= 15 is 0 Å². The summed E-state index contributed by atoms with van der Waals surface area (Å²) in [6.07, 6.45) is 3.12. The maximum absolute atomic E-state index is 10.9. The molecule has 1 aliphatic rings. The van der Waals surface area contributed by atoms with Gasteiger partial charge in [0.25, 0.3) is 11.8 Å². The van der Waals surface area contributed by atoms with Crippen LogP contribution in [0.1, 0.15) is 20.7 Å². The molecule has 0 bridgehead atoms. The van der Waals surface area contributed by atoms with E-state index in [2.05, 4.69) is 10.3 Å². The number of aromatic nitrogens is 1. The summed E-state index contributed by atoms with van der Waals surface area (Å²) in [7, 11) is 0. The fraction of sp³-hybridized carbons (Fsp3) is 0. The van der Waals surface area contributed by atoms with Crippen molar-refractivity contribution in [3.8, 4) is 0 Å². The number of aromatic amines is 1. The maximum Gasteiger partial charge on any atom is 0.265 e. The van der Waals surface area contributed by atoms with Crippen molar-refractivity contribution in [2.24, 2.45) is 0 Å². The Morgan fingerprint density at radius 3 is 2.64 bits per heavy atom. The molecule has 2 rings (SSSR count). The minimum absolute atomic E-state index is 0.320. The summed E-state index contributed by atoms with van der Waals surface area (Å²) in [6.45, 7) is 0. The summed E-state index contributed by atoms with van der Waals surface area (Å²) in [4.78, 5) is 24.6. The molecule has 0 unspecified atom stereocenters. The predicted octanol–water partition coefficient (Wildman–Crippen LogP) is -0.616. The number of H-pyrrole nitrogens is 1. The molecule has 2 amide bonds. The largest absolute Gasteiger partial charge is 0.288 e. The minimum atomic E-state index is -0.332. The number of hydrogen-bond donors (Lipinski definition) is 1. The van der Waals surface area contributed by atoms with E-state index in [1.165, 1.54) is 6.20 Å². The number of imide groups is 1. The molecule has 0 aromatic carbocycles. The first kappa shape index (κ1) is 6.03. The monoisotopic (exact) mass is 149 g/mol. The summed E-state index contributed by atoms with van der Waals surface area (Å²) >= 11 is 0. The van der Waals surface area contributed by atoms with Crippen LogP contribution in [0.3, 0.4) is 0 Å². The van der Waals surface area contributed by atoms with Crippen molar-refractivity contribution in [3.05, 3.63) is 29.6 Å². The van der Waals surface area contributed by atoms with E-state index in [-0.39, 0.29) is 11.8 Å². The van der Waals surface area contributed by atoms with Gasteiger partial charge in [0.2, 0.25) is 0 Å².